The Morgan fingerprint density at radius 2 is 1.95 bits per heavy atom. The number of hydrogen-bond donors (Lipinski definition) is 0. The van der Waals surface area contributed by atoms with Crippen LogP contribution in [0.25, 0.3) is 0 Å². The van der Waals surface area contributed by atoms with Gasteiger partial charge in [-0.1, -0.05) is 15.9 Å². The average molecular weight is 358 g/mol. The maximum absolute atomic E-state index is 10.7. The molecule has 21 heavy (non-hydrogen) atoms. The SMILES string of the molecule is COCCN1CCN(Cc2ccc([N+](=O)[O-])cc2Br)CC1. The van der Waals surface area contributed by atoms with E-state index in [1.54, 1.807) is 19.2 Å². The predicted molar refractivity (Wildman–Crippen MR) is 84.4 cm³/mol. The molecule has 7 heteroatoms. The lowest BCUT2D eigenvalue weighted by molar-refractivity contribution is -0.384. The summed E-state index contributed by atoms with van der Waals surface area (Å²) in [7, 11) is 1.72. The second-order valence-electron chi connectivity index (χ2n) is 5.14. The molecule has 0 N–H and O–H groups in total. The zero-order valence-electron chi connectivity index (χ0n) is 12.1. The number of rotatable bonds is 6. The molecule has 1 heterocycles. The minimum atomic E-state index is -0.372. The van der Waals surface area contributed by atoms with Gasteiger partial charge in [0.1, 0.15) is 0 Å². The molecule has 0 unspecified atom stereocenters. The van der Waals surface area contributed by atoms with Crippen molar-refractivity contribution < 1.29 is 9.66 Å². The van der Waals surface area contributed by atoms with Crippen molar-refractivity contribution in [3.05, 3.63) is 38.3 Å². The highest BCUT2D eigenvalue weighted by Crippen LogP contribution is 2.24. The van der Waals surface area contributed by atoms with Gasteiger partial charge < -0.3 is 4.74 Å². The van der Waals surface area contributed by atoms with E-state index in [9.17, 15) is 10.1 Å². The number of nitro groups is 1. The molecule has 0 aliphatic carbocycles. The molecule has 1 aliphatic rings. The quantitative estimate of drug-likeness (QED) is 0.576. The Labute approximate surface area is 132 Å². The van der Waals surface area contributed by atoms with E-state index in [1.807, 2.05) is 6.07 Å². The summed E-state index contributed by atoms with van der Waals surface area (Å²) >= 11 is 3.43. The van der Waals surface area contributed by atoms with Gasteiger partial charge in [0.15, 0.2) is 0 Å². The number of nitrogens with zero attached hydrogens (tertiary/aromatic N) is 3. The van der Waals surface area contributed by atoms with Crippen molar-refractivity contribution in [3.63, 3.8) is 0 Å². The summed E-state index contributed by atoms with van der Waals surface area (Å²) in [5.41, 5.74) is 1.21. The average Bonchev–Trinajstić information content (AvgIpc) is 2.48. The van der Waals surface area contributed by atoms with Crippen LogP contribution in [0, 0.1) is 10.1 Å². The topological polar surface area (TPSA) is 58.8 Å². The van der Waals surface area contributed by atoms with Crippen LogP contribution in [-0.4, -0.2) is 61.2 Å². The molecule has 0 radical (unpaired) electrons. The summed E-state index contributed by atoms with van der Waals surface area (Å²) in [5.74, 6) is 0. The van der Waals surface area contributed by atoms with E-state index < -0.39 is 0 Å². The number of nitro benzene ring substituents is 1. The van der Waals surface area contributed by atoms with Gasteiger partial charge in [-0.15, -0.1) is 0 Å². The molecule has 116 valence electrons. The fourth-order valence-corrected chi connectivity index (χ4v) is 2.90. The molecule has 6 nitrogen and oxygen atoms in total. The second kappa shape index (κ2) is 7.84. The Kier molecular flexibility index (Phi) is 6.10. The third kappa shape index (κ3) is 4.74. The first-order chi connectivity index (χ1) is 10.1. The van der Waals surface area contributed by atoms with Crippen LogP contribution in [0.5, 0.6) is 0 Å². The molecule has 1 aromatic rings. The largest absolute Gasteiger partial charge is 0.383 e. The number of halogens is 1. The molecule has 0 bridgehead atoms. The summed E-state index contributed by atoms with van der Waals surface area (Å²) in [5, 5.41) is 10.7. The van der Waals surface area contributed by atoms with Crippen molar-refractivity contribution in [2.75, 3.05) is 46.4 Å². The van der Waals surface area contributed by atoms with Gasteiger partial charge in [-0.05, 0) is 11.6 Å². The fraction of sp³-hybridized carbons (Fsp3) is 0.571. The van der Waals surface area contributed by atoms with Crippen molar-refractivity contribution in [1.82, 2.24) is 9.80 Å². The Morgan fingerprint density at radius 3 is 2.52 bits per heavy atom. The summed E-state index contributed by atoms with van der Waals surface area (Å²) in [6, 6.07) is 4.97. The summed E-state index contributed by atoms with van der Waals surface area (Å²) in [6.07, 6.45) is 0. The maximum Gasteiger partial charge on any atom is 0.270 e. The van der Waals surface area contributed by atoms with Crippen LogP contribution in [0.3, 0.4) is 0 Å². The molecule has 2 rings (SSSR count). The van der Waals surface area contributed by atoms with Gasteiger partial charge in [-0.3, -0.25) is 19.9 Å². The van der Waals surface area contributed by atoms with Crippen molar-refractivity contribution in [2.45, 2.75) is 6.54 Å². The van der Waals surface area contributed by atoms with Crippen LogP contribution in [0.15, 0.2) is 22.7 Å². The molecule has 0 spiro atoms. The Balaban J connectivity index is 1.87. The molecular weight excluding hydrogens is 338 g/mol. The van der Waals surface area contributed by atoms with E-state index in [4.69, 9.17) is 4.74 Å². The van der Waals surface area contributed by atoms with E-state index in [0.717, 1.165) is 55.9 Å². The predicted octanol–water partition coefficient (Wildman–Crippen LogP) is 2.12. The van der Waals surface area contributed by atoms with Gasteiger partial charge in [0.05, 0.1) is 11.5 Å². The molecule has 0 atom stereocenters. The molecule has 1 aliphatic heterocycles. The van der Waals surface area contributed by atoms with Crippen LogP contribution < -0.4 is 0 Å². The highest BCUT2D eigenvalue weighted by molar-refractivity contribution is 9.10. The third-order valence-electron chi connectivity index (χ3n) is 3.72. The normalized spacial score (nSPS) is 17.0. The minimum Gasteiger partial charge on any atom is -0.383 e. The summed E-state index contributed by atoms with van der Waals surface area (Å²) in [6.45, 7) is 6.65. The van der Waals surface area contributed by atoms with Crippen LogP contribution in [0.4, 0.5) is 5.69 Å². The van der Waals surface area contributed by atoms with Gasteiger partial charge in [-0.25, -0.2) is 0 Å². The first kappa shape index (κ1) is 16.4. The first-order valence-electron chi connectivity index (χ1n) is 6.96. The van der Waals surface area contributed by atoms with Gasteiger partial charge >= 0.3 is 0 Å². The lowest BCUT2D eigenvalue weighted by Crippen LogP contribution is -2.46. The summed E-state index contributed by atoms with van der Waals surface area (Å²) in [4.78, 5) is 15.1. The summed E-state index contributed by atoms with van der Waals surface area (Å²) < 4.78 is 5.90. The van der Waals surface area contributed by atoms with Crippen molar-refractivity contribution in [1.29, 1.82) is 0 Å². The standard InChI is InChI=1S/C14H20BrN3O3/c1-21-9-8-16-4-6-17(7-5-16)11-12-2-3-13(18(19)20)10-14(12)15/h2-3,10H,4-9,11H2,1H3. The molecule has 1 aromatic carbocycles. The van der Waals surface area contributed by atoms with Crippen LogP contribution >= 0.6 is 15.9 Å². The highest BCUT2D eigenvalue weighted by Gasteiger charge is 2.18. The minimum absolute atomic E-state index is 0.120. The fourth-order valence-electron chi connectivity index (χ4n) is 2.41. The zero-order chi connectivity index (χ0) is 15.2. The number of non-ortho nitro benzene ring substituents is 1. The Hall–Kier alpha value is -1.02. The number of hydrogen-bond acceptors (Lipinski definition) is 5. The highest BCUT2D eigenvalue weighted by atomic mass is 79.9. The van der Waals surface area contributed by atoms with Crippen LogP contribution in [0.1, 0.15) is 5.56 Å². The molecular formula is C14H20BrN3O3. The van der Waals surface area contributed by atoms with Crippen molar-refractivity contribution in [3.8, 4) is 0 Å². The van der Waals surface area contributed by atoms with Crippen molar-refractivity contribution in [2.24, 2.45) is 0 Å². The van der Waals surface area contributed by atoms with Crippen LogP contribution in [-0.2, 0) is 11.3 Å². The molecule has 1 fully saturated rings. The first-order valence-corrected chi connectivity index (χ1v) is 7.76. The van der Waals surface area contributed by atoms with E-state index >= 15 is 0 Å². The van der Waals surface area contributed by atoms with Gasteiger partial charge in [-0.2, -0.15) is 0 Å². The third-order valence-corrected chi connectivity index (χ3v) is 4.46. The smallest absolute Gasteiger partial charge is 0.270 e. The monoisotopic (exact) mass is 357 g/mol. The number of methoxy groups -OCH3 is 1. The Bertz CT molecular complexity index is 490. The van der Waals surface area contributed by atoms with Gasteiger partial charge in [0.2, 0.25) is 0 Å². The van der Waals surface area contributed by atoms with E-state index in [2.05, 4.69) is 25.7 Å². The van der Waals surface area contributed by atoms with E-state index in [0.29, 0.717) is 0 Å². The van der Waals surface area contributed by atoms with E-state index in [1.165, 1.54) is 0 Å². The number of ether oxygens (including phenoxy) is 1. The number of benzene rings is 1. The molecule has 1 saturated heterocycles. The molecule has 0 aromatic heterocycles. The zero-order valence-corrected chi connectivity index (χ0v) is 13.7. The molecule has 0 amide bonds. The van der Waals surface area contributed by atoms with Gasteiger partial charge in [0.25, 0.3) is 5.69 Å². The number of piperazine rings is 1. The van der Waals surface area contributed by atoms with Crippen LogP contribution in [0.2, 0.25) is 0 Å². The molecule has 0 saturated carbocycles. The van der Waals surface area contributed by atoms with Gasteiger partial charge in [0, 0.05) is 63.0 Å². The Morgan fingerprint density at radius 1 is 1.29 bits per heavy atom. The lowest BCUT2D eigenvalue weighted by atomic mass is 10.2. The second-order valence-corrected chi connectivity index (χ2v) is 6.00. The maximum atomic E-state index is 10.7. The van der Waals surface area contributed by atoms with Crippen molar-refractivity contribution >= 4 is 21.6 Å². The lowest BCUT2D eigenvalue weighted by Gasteiger charge is -2.34. The van der Waals surface area contributed by atoms with E-state index in [-0.39, 0.29) is 10.6 Å².